The van der Waals surface area contributed by atoms with E-state index in [9.17, 15) is 31.5 Å². The first-order chi connectivity index (χ1) is 16.0. The lowest BCUT2D eigenvalue weighted by atomic mass is 10.2. The number of benzene rings is 2. The van der Waals surface area contributed by atoms with Gasteiger partial charge in [-0.05, 0) is 48.9 Å². The zero-order valence-electron chi connectivity index (χ0n) is 17.3. The van der Waals surface area contributed by atoms with Crippen molar-refractivity contribution in [2.45, 2.75) is 23.6 Å². The zero-order valence-corrected chi connectivity index (χ0v) is 18.9. The summed E-state index contributed by atoms with van der Waals surface area (Å²) in [5.74, 6) is -1.11. The van der Waals surface area contributed by atoms with Crippen molar-refractivity contribution in [3.8, 4) is 5.69 Å². The molecule has 2 N–H and O–H groups in total. The van der Waals surface area contributed by atoms with Crippen molar-refractivity contribution in [2.24, 2.45) is 0 Å². The summed E-state index contributed by atoms with van der Waals surface area (Å²) < 4.78 is 68.8. The van der Waals surface area contributed by atoms with Gasteiger partial charge in [0.25, 0.3) is 5.91 Å². The van der Waals surface area contributed by atoms with Crippen LogP contribution < -0.4 is 5.32 Å². The predicted molar refractivity (Wildman–Crippen MR) is 117 cm³/mol. The van der Waals surface area contributed by atoms with Gasteiger partial charge in [0.15, 0.2) is 5.69 Å². The molecule has 0 spiro atoms. The molecule has 0 saturated carbocycles. The average molecular weight is 515 g/mol. The van der Waals surface area contributed by atoms with Gasteiger partial charge in [-0.25, -0.2) is 13.1 Å². The van der Waals surface area contributed by atoms with Crippen LogP contribution in [0, 0.1) is 0 Å². The molecule has 0 aliphatic carbocycles. The van der Waals surface area contributed by atoms with E-state index in [2.05, 4.69) is 10.4 Å². The van der Waals surface area contributed by atoms with Gasteiger partial charge >= 0.3 is 6.18 Å². The first-order valence-electron chi connectivity index (χ1n) is 9.97. The molecule has 1 amide bonds. The number of nitrogens with one attached hydrogen (secondary N) is 1. The molecule has 8 nitrogen and oxygen atoms in total. The molecule has 4 rings (SSSR count). The normalized spacial score (nSPS) is 17.1. The van der Waals surface area contributed by atoms with Crippen LogP contribution in [0.1, 0.15) is 22.5 Å². The van der Waals surface area contributed by atoms with Crippen LogP contribution in [0.5, 0.6) is 0 Å². The van der Waals surface area contributed by atoms with E-state index in [1.54, 1.807) is 0 Å². The number of rotatable bonds is 5. The number of amides is 1. The van der Waals surface area contributed by atoms with Gasteiger partial charge in [0.2, 0.25) is 10.0 Å². The highest BCUT2D eigenvalue weighted by Crippen LogP contribution is 2.34. The van der Waals surface area contributed by atoms with E-state index in [1.807, 2.05) is 0 Å². The summed E-state index contributed by atoms with van der Waals surface area (Å²) in [5, 5.41) is 16.0. The molecule has 1 atom stereocenters. The Hall–Kier alpha value is -2.93. The highest BCUT2D eigenvalue weighted by molar-refractivity contribution is 7.89. The molecule has 3 aromatic rings. The predicted octanol–water partition coefficient (Wildman–Crippen LogP) is 3.55. The van der Waals surface area contributed by atoms with Crippen LogP contribution in [-0.4, -0.2) is 52.7 Å². The smallest absolute Gasteiger partial charge is 0.392 e. The Balaban J connectivity index is 1.64. The van der Waals surface area contributed by atoms with E-state index in [0.29, 0.717) is 16.1 Å². The highest BCUT2D eigenvalue weighted by atomic mass is 35.5. The molecule has 1 aliphatic rings. The number of carbonyl (C=O) groups is 1. The Morgan fingerprint density at radius 2 is 1.88 bits per heavy atom. The zero-order chi connectivity index (χ0) is 24.7. The monoisotopic (exact) mass is 514 g/mol. The van der Waals surface area contributed by atoms with E-state index in [-0.39, 0.29) is 29.4 Å². The Bertz CT molecular complexity index is 1330. The molecule has 1 aromatic heterocycles. The van der Waals surface area contributed by atoms with Crippen molar-refractivity contribution in [1.29, 1.82) is 0 Å². The number of nitrogens with zero attached hydrogens (tertiary/aromatic N) is 3. The maximum absolute atomic E-state index is 13.9. The summed E-state index contributed by atoms with van der Waals surface area (Å²) >= 11 is 5.79. The van der Waals surface area contributed by atoms with Gasteiger partial charge in [-0.15, -0.1) is 0 Å². The summed E-state index contributed by atoms with van der Waals surface area (Å²) in [7, 11) is -3.95. The fourth-order valence-electron chi connectivity index (χ4n) is 3.58. The van der Waals surface area contributed by atoms with Crippen LogP contribution >= 0.6 is 11.6 Å². The van der Waals surface area contributed by atoms with Gasteiger partial charge in [-0.3, -0.25) is 4.79 Å². The first kappa shape index (κ1) is 24.2. The highest BCUT2D eigenvalue weighted by Gasteiger charge is 2.40. The summed E-state index contributed by atoms with van der Waals surface area (Å²) in [4.78, 5) is 12.6. The lowest BCUT2D eigenvalue weighted by Gasteiger charge is -2.16. The number of aliphatic hydroxyl groups excluding tert-OH is 1. The number of aliphatic hydroxyl groups is 1. The third-order valence-corrected chi connectivity index (χ3v) is 7.32. The molecule has 34 heavy (non-hydrogen) atoms. The molecule has 2 heterocycles. The minimum atomic E-state index is -4.91. The third kappa shape index (κ3) is 4.80. The molecule has 0 radical (unpaired) electrons. The second-order valence-corrected chi connectivity index (χ2v) is 9.95. The van der Waals surface area contributed by atoms with Gasteiger partial charge < -0.3 is 10.4 Å². The van der Waals surface area contributed by atoms with Crippen LogP contribution in [0.4, 0.5) is 18.9 Å². The molecule has 2 aromatic carbocycles. The van der Waals surface area contributed by atoms with E-state index in [1.165, 1.54) is 42.5 Å². The molecule has 1 fully saturated rings. The molecule has 0 bridgehead atoms. The van der Waals surface area contributed by atoms with Gasteiger partial charge in [0, 0.05) is 23.8 Å². The third-order valence-electron chi connectivity index (χ3n) is 5.21. The van der Waals surface area contributed by atoms with Crippen LogP contribution in [0.2, 0.25) is 5.02 Å². The number of halogens is 4. The summed E-state index contributed by atoms with van der Waals surface area (Å²) in [6.45, 7) is 0.0800. The number of carbonyl (C=O) groups excluding carboxylic acids is 1. The minimum absolute atomic E-state index is 0.0156. The molecule has 1 aliphatic heterocycles. The van der Waals surface area contributed by atoms with Gasteiger partial charge in [-0.2, -0.15) is 22.6 Å². The molecular formula is C21H18ClF3N4O4S. The second-order valence-electron chi connectivity index (χ2n) is 7.58. The van der Waals surface area contributed by atoms with Crippen LogP contribution in [0.15, 0.2) is 59.6 Å². The molecule has 1 unspecified atom stereocenters. The van der Waals surface area contributed by atoms with E-state index < -0.39 is 39.5 Å². The van der Waals surface area contributed by atoms with Crippen molar-refractivity contribution in [1.82, 2.24) is 14.1 Å². The molecule has 1 saturated heterocycles. The molecule has 13 heteroatoms. The van der Waals surface area contributed by atoms with Gasteiger partial charge in [-0.1, -0.05) is 17.7 Å². The number of alkyl halides is 3. The lowest BCUT2D eigenvalue weighted by Crippen LogP contribution is -2.29. The van der Waals surface area contributed by atoms with Crippen molar-refractivity contribution in [3.05, 3.63) is 71.0 Å². The Labute approximate surface area is 197 Å². The van der Waals surface area contributed by atoms with Gasteiger partial charge in [0.05, 0.1) is 28.4 Å². The number of hydrogen-bond donors (Lipinski definition) is 2. The topological polar surface area (TPSA) is 105 Å². The SMILES string of the molecule is O=C(Nc1cccc(S(=O)(=O)N2CCC(O)C2)c1)c1cnn(-c2ccc(Cl)cc2)c1C(F)(F)F. The molecular weight excluding hydrogens is 497 g/mol. The summed E-state index contributed by atoms with van der Waals surface area (Å²) in [6, 6.07) is 10.6. The number of aromatic nitrogens is 2. The van der Waals surface area contributed by atoms with E-state index in [4.69, 9.17) is 11.6 Å². The number of sulfonamides is 1. The summed E-state index contributed by atoms with van der Waals surface area (Å²) in [6.07, 6.45) is -4.59. The lowest BCUT2D eigenvalue weighted by molar-refractivity contribution is -0.143. The Morgan fingerprint density at radius 3 is 2.50 bits per heavy atom. The number of hydrogen-bond acceptors (Lipinski definition) is 5. The Kier molecular flexibility index (Phi) is 6.42. The minimum Gasteiger partial charge on any atom is -0.392 e. The number of β-amino-alcohol motifs (C(OH)–C–C–N with tert-alkyl or cyclic N) is 1. The van der Waals surface area contributed by atoms with Crippen molar-refractivity contribution in [2.75, 3.05) is 18.4 Å². The standard InChI is InChI=1S/C21H18ClF3N4O4S/c22-13-4-6-15(7-5-13)29-19(21(23,24)25)18(11-26-29)20(31)27-14-2-1-3-17(10-14)34(32,33)28-9-8-16(30)12-28/h1-7,10-11,16,30H,8-9,12H2,(H,27,31). The fourth-order valence-corrected chi connectivity index (χ4v) is 5.24. The number of anilines is 1. The second kappa shape index (κ2) is 9.02. The summed E-state index contributed by atoms with van der Waals surface area (Å²) in [5.41, 5.74) is -1.99. The van der Waals surface area contributed by atoms with Crippen LogP contribution in [0.25, 0.3) is 5.69 Å². The fraction of sp³-hybridized carbons (Fsp3) is 0.238. The van der Waals surface area contributed by atoms with E-state index in [0.717, 1.165) is 16.6 Å². The quantitative estimate of drug-likeness (QED) is 0.542. The first-order valence-corrected chi connectivity index (χ1v) is 11.8. The Morgan fingerprint density at radius 1 is 1.18 bits per heavy atom. The largest absolute Gasteiger partial charge is 0.434 e. The van der Waals surface area contributed by atoms with Crippen molar-refractivity contribution < 1.29 is 31.5 Å². The van der Waals surface area contributed by atoms with Crippen LogP contribution in [-0.2, 0) is 16.2 Å². The van der Waals surface area contributed by atoms with Crippen molar-refractivity contribution in [3.63, 3.8) is 0 Å². The van der Waals surface area contributed by atoms with E-state index >= 15 is 0 Å². The van der Waals surface area contributed by atoms with Crippen molar-refractivity contribution >= 4 is 33.2 Å². The van der Waals surface area contributed by atoms with Gasteiger partial charge in [0.1, 0.15) is 0 Å². The maximum Gasteiger partial charge on any atom is 0.434 e. The average Bonchev–Trinajstić information content (AvgIpc) is 3.41. The molecule has 180 valence electrons. The maximum atomic E-state index is 13.9. The van der Waals surface area contributed by atoms with Crippen LogP contribution in [0.3, 0.4) is 0 Å².